The third-order valence-electron chi connectivity index (χ3n) is 3.65. The second kappa shape index (κ2) is 6.73. The van der Waals surface area contributed by atoms with E-state index in [0.717, 1.165) is 31.7 Å². The Bertz CT molecular complexity index is 548. The van der Waals surface area contributed by atoms with E-state index in [1.54, 1.807) is 12.1 Å². The van der Waals surface area contributed by atoms with Crippen molar-refractivity contribution in [3.05, 3.63) is 35.4 Å². The van der Waals surface area contributed by atoms with Gasteiger partial charge in [-0.15, -0.1) is 0 Å². The van der Waals surface area contributed by atoms with Crippen molar-refractivity contribution in [2.24, 2.45) is 0 Å². The first-order valence-corrected chi connectivity index (χ1v) is 9.94. The molecule has 1 aromatic carbocycles. The topological polar surface area (TPSA) is 60.9 Å². The summed E-state index contributed by atoms with van der Waals surface area (Å²) in [6.07, 6.45) is 0.673. The Morgan fingerprint density at radius 1 is 1.14 bits per heavy atom. The summed E-state index contributed by atoms with van der Waals surface area (Å²) in [7, 11) is -2.01. The van der Waals surface area contributed by atoms with Crippen LogP contribution in [-0.4, -0.2) is 66.7 Å². The van der Waals surface area contributed by atoms with E-state index in [1.165, 1.54) is 0 Å². The molecule has 0 spiro atoms. The average Bonchev–Trinajstić information content (AvgIpc) is 2.40. The highest BCUT2D eigenvalue weighted by Crippen LogP contribution is 2.36. The lowest BCUT2D eigenvalue weighted by Crippen LogP contribution is -2.46. The Hall–Kier alpha value is -1.16. The number of aromatic carboxylic acids is 1. The Morgan fingerprint density at radius 2 is 1.71 bits per heavy atom. The molecule has 1 aliphatic rings. The summed E-state index contributed by atoms with van der Waals surface area (Å²) in [5.41, 5.74) is 1.24. The number of hydrogen-bond acceptors (Lipinski definition) is 4. The summed E-state index contributed by atoms with van der Waals surface area (Å²) in [5, 5.41) is 9.21. The fraction of sp³-hybridized carbons (Fsp3) is 0.533. The third-order valence-corrected chi connectivity index (χ3v) is 4.73. The van der Waals surface area contributed by atoms with Crippen LogP contribution in [0.5, 0.6) is 0 Å². The molecule has 0 bridgehead atoms. The molecule has 1 N–H and O–H groups in total. The lowest BCUT2D eigenvalue weighted by atomic mass is 10.1. The monoisotopic (exact) mass is 310 g/mol. The first-order valence-electron chi connectivity index (χ1n) is 7.15. The summed E-state index contributed by atoms with van der Waals surface area (Å²) in [6.45, 7) is 7.85. The van der Waals surface area contributed by atoms with Gasteiger partial charge in [0, 0.05) is 32.7 Å². The largest absolute Gasteiger partial charge is 0.478 e. The molecule has 1 aliphatic heterocycles. The second-order valence-electron chi connectivity index (χ2n) is 6.07. The highest BCUT2D eigenvalue weighted by Gasteiger charge is 2.21. The smallest absolute Gasteiger partial charge is 0.336 e. The Kier molecular flexibility index (Phi) is 5.20. The molecule has 21 heavy (non-hydrogen) atoms. The van der Waals surface area contributed by atoms with E-state index < -0.39 is 13.1 Å². The molecular formula is C15H23N2O3P. The van der Waals surface area contributed by atoms with Crippen molar-refractivity contribution in [3.63, 3.8) is 0 Å². The molecule has 116 valence electrons. The van der Waals surface area contributed by atoms with Gasteiger partial charge < -0.3 is 9.67 Å². The van der Waals surface area contributed by atoms with Gasteiger partial charge in [-0.3, -0.25) is 9.80 Å². The Balaban J connectivity index is 1.92. The fourth-order valence-corrected chi connectivity index (χ4v) is 3.92. The molecule has 0 saturated carbocycles. The Morgan fingerprint density at radius 3 is 2.29 bits per heavy atom. The first-order chi connectivity index (χ1) is 9.85. The van der Waals surface area contributed by atoms with Crippen molar-refractivity contribution in [2.45, 2.75) is 6.54 Å². The molecule has 1 aromatic rings. The summed E-state index contributed by atoms with van der Waals surface area (Å²) in [4.78, 5) is 15.7. The van der Waals surface area contributed by atoms with Gasteiger partial charge in [-0.05, 0) is 25.0 Å². The highest BCUT2D eigenvalue weighted by atomic mass is 31.2. The van der Waals surface area contributed by atoms with Crippen LogP contribution in [0.2, 0.25) is 0 Å². The molecule has 5 nitrogen and oxygen atoms in total. The van der Waals surface area contributed by atoms with E-state index in [9.17, 15) is 14.5 Å². The van der Waals surface area contributed by atoms with E-state index >= 15 is 0 Å². The third kappa shape index (κ3) is 4.95. The molecule has 2 rings (SSSR count). The zero-order chi connectivity index (χ0) is 15.5. The fourth-order valence-electron chi connectivity index (χ4n) is 2.68. The molecule has 0 aromatic heterocycles. The maximum Gasteiger partial charge on any atom is 0.336 e. The number of carbonyl (C=O) groups is 1. The van der Waals surface area contributed by atoms with Crippen molar-refractivity contribution >= 4 is 13.1 Å². The minimum atomic E-state index is -2.01. The molecule has 0 unspecified atom stereocenters. The van der Waals surface area contributed by atoms with Gasteiger partial charge in [-0.1, -0.05) is 18.2 Å². The van der Waals surface area contributed by atoms with Crippen molar-refractivity contribution in [2.75, 3.05) is 45.8 Å². The number of rotatable bonds is 5. The maximum atomic E-state index is 11.9. The summed E-state index contributed by atoms with van der Waals surface area (Å²) in [6, 6.07) is 7.16. The molecule has 0 radical (unpaired) electrons. The van der Waals surface area contributed by atoms with Gasteiger partial charge in [0.15, 0.2) is 0 Å². The van der Waals surface area contributed by atoms with Gasteiger partial charge in [-0.25, -0.2) is 4.79 Å². The van der Waals surface area contributed by atoms with Gasteiger partial charge >= 0.3 is 5.97 Å². The van der Waals surface area contributed by atoms with Crippen LogP contribution in [-0.2, 0) is 11.1 Å². The molecule has 6 heteroatoms. The number of nitrogens with zero attached hydrogens (tertiary/aromatic N) is 2. The van der Waals surface area contributed by atoms with Crippen LogP contribution >= 0.6 is 7.14 Å². The summed E-state index contributed by atoms with van der Waals surface area (Å²) in [5.74, 6) is -0.873. The van der Waals surface area contributed by atoms with Crippen LogP contribution in [0.25, 0.3) is 0 Å². The van der Waals surface area contributed by atoms with Gasteiger partial charge in [0.25, 0.3) is 0 Å². The number of hydrogen-bond donors (Lipinski definition) is 1. The average molecular weight is 310 g/mol. The van der Waals surface area contributed by atoms with Crippen LogP contribution in [0.4, 0.5) is 0 Å². The van der Waals surface area contributed by atoms with E-state index in [2.05, 4.69) is 9.80 Å². The van der Waals surface area contributed by atoms with Crippen LogP contribution in [0, 0.1) is 0 Å². The molecule has 1 saturated heterocycles. The zero-order valence-electron chi connectivity index (χ0n) is 12.7. The molecule has 1 heterocycles. The predicted molar refractivity (Wildman–Crippen MR) is 84.6 cm³/mol. The SMILES string of the molecule is CP(C)(=O)CN1CCN(Cc2ccccc2C(=O)O)CC1. The number of piperazine rings is 1. The molecule has 0 atom stereocenters. The summed E-state index contributed by atoms with van der Waals surface area (Å²) >= 11 is 0. The van der Waals surface area contributed by atoms with Crippen LogP contribution in [0.1, 0.15) is 15.9 Å². The van der Waals surface area contributed by atoms with E-state index in [1.807, 2.05) is 25.5 Å². The highest BCUT2D eigenvalue weighted by molar-refractivity contribution is 7.62. The van der Waals surface area contributed by atoms with Crippen molar-refractivity contribution in [3.8, 4) is 0 Å². The van der Waals surface area contributed by atoms with Crippen LogP contribution in [0.15, 0.2) is 24.3 Å². The van der Waals surface area contributed by atoms with Crippen molar-refractivity contribution < 1.29 is 14.5 Å². The zero-order valence-corrected chi connectivity index (χ0v) is 13.6. The maximum absolute atomic E-state index is 11.9. The second-order valence-corrected chi connectivity index (χ2v) is 9.50. The molecule has 0 aliphatic carbocycles. The van der Waals surface area contributed by atoms with Gasteiger partial charge in [0.2, 0.25) is 0 Å². The lowest BCUT2D eigenvalue weighted by molar-refractivity contribution is 0.0693. The van der Waals surface area contributed by atoms with Crippen molar-refractivity contribution in [1.82, 2.24) is 9.80 Å². The van der Waals surface area contributed by atoms with Crippen molar-refractivity contribution in [1.29, 1.82) is 0 Å². The quantitative estimate of drug-likeness (QED) is 0.844. The molecule has 0 amide bonds. The van der Waals surface area contributed by atoms with Crippen LogP contribution < -0.4 is 0 Å². The number of carboxylic acids is 1. The van der Waals surface area contributed by atoms with E-state index in [0.29, 0.717) is 18.4 Å². The van der Waals surface area contributed by atoms with Crippen LogP contribution in [0.3, 0.4) is 0 Å². The lowest BCUT2D eigenvalue weighted by Gasteiger charge is -2.35. The van der Waals surface area contributed by atoms with E-state index in [4.69, 9.17) is 0 Å². The van der Waals surface area contributed by atoms with Gasteiger partial charge in [-0.2, -0.15) is 0 Å². The molecular weight excluding hydrogens is 287 g/mol. The van der Waals surface area contributed by atoms with Gasteiger partial charge in [0.1, 0.15) is 0 Å². The minimum Gasteiger partial charge on any atom is -0.478 e. The first kappa shape index (κ1) is 16.2. The van der Waals surface area contributed by atoms with E-state index in [-0.39, 0.29) is 0 Å². The number of carboxylic acid groups (broad SMARTS) is 1. The standard InChI is InChI=1S/C15H23N2O3P/c1-21(2,20)12-17-9-7-16(8-10-17)11-13-5-3-4-6-14(13)15(18)19/h3-6H,7-12H2,1-2H3,(H,18,19). The van der Waals surface area contributed by atoms with Gasteiger partial charge in [0.05, 0.1) is 19.0 Å². The normalized spacial score (nSPS) is 17.8. The summed E-state index contributed by atoms with van der Waals surface area (Å²) < 4.78 is 11.9. The predicted octanol–water partition coefficient (Wildman–Crippen LogP) is 2.08. The molecule has 1 fully saturated rings. The minimum absolute atomic E-state index is 0.381. The Labute approximate surface area is 125 Å². The number of benzene rings is 1.